The molecule has 0 bridgehead atoms. The molecule has 1 aliphatic rings. The molecule has 0 aliphatic carbocycles. The number of nitrogens with zero attached hydrogens (tertiary/aromatic N) is 1. The fourth-order valence-corrected chi connectivity index (χ4v) is 2.27. The van der Waals surface area contributed by atoms with Crippen LogP contribution in [0.25, 0.3) is 0 Å². The second-order valence-electron chi connectivity index (χ2n) is 5.92. The van der Waals surface area contributed by atoms with Crippen LogP contribution >= 0.6 is 0 Å². The Labute approximate surface area is 98.9 Å². The van der Waals surface area contributed by atoms with E-state index in [1.54, 1.807) is 0 Å². The van der Waals surface area contributed by atoms with Crippen molar-refractivity contribution in [2.45, 2.75) is 40.7 Å². The van der Waals surface area contributed by atoms with Crippen molar-refractivity contribution < 1.29 is 4.79 Å². The number of carbonyl (C=O) groups excluding carboxylic acids is 1. The molecule has 0 aromatic carbocycles. The van der Waals surface area contributed by atoms with Crippen molar-refractivity contribution in [1.29, 1.82) is 0 Å². The number of hydrogen-bond donors (Lipinski definition) is 1. The van der Waals surface area contributed by atoms with Gasteiger partial charge in [-0.3, -0.25) is 0 Å². The molecule has 0 radical (unpaired) electrons. The lowest BCUT2D eigenvalue weighted by atomic mass is 9.78. The Hall–Kier alpha value is -0.990. The van der Waals surface area contributed by atoms with Crippen molar-refractivity contribution in [2.75, 3.05) is 13.1 Å². The minimum absolute atomic E-state index is 0.0308. The summed E-state index contributed by atoms with van der Waals surface area (Å²) in [5, 5.41) is 2.86. The fraction of sp³-hybridized carbons (Fsp3) is 0.769. The monoisotopic (exact) mass is 224 g/mol. The maximum Gasteiger partial charge on any atom is 0.318 e. The van der Waals surface area contributed by atoms with Gasteiger partial charge in [0.25, 0.3) is 0 Å². The van der Waals surface area contributed by atoms with Gasteiger partial charge in [0.15, 0.2) is 0 Å². The van der Waals surface area contributed by atoms with Crippen LogP contribution in [-0.4, -0.2) is 30.1 Å². The van der Waals surface area contributed by atoms with E-state index in [4.69, 9.17) is 0 Å². The molecule has 1 heterocycles. The Kier molecular flexibility index (Phi) is 3.66. The van der Waals surface area contributed by atoms with E-state index in [-0.39, 0.29) is 17.5 Å². The van der Waals surface area contributed by atoms with E-state index in [1.807, 2.05) is 4.90 Å². The molecule has 0 spiro atoms. The molecule has 2 amide bonds. The Bertz CT molecular complexity index is 289. The molecule has 1 saturated heterocycles. The molecule has 3 heteroatoms. The van der Waals surface area contributed by atoms with Crippen LogP contribution in [0, 0.1) is 11.3 Å². The summed E-state index contributed by atoms with van der Waals surface area (Å²) in [5.41, 5.74) is 1.17. The van der Waals surface area contributed by atoms with E-state index >= 15 is 0 Å². The number of carbonyl (C=O) groups is 1. The standard InChI is InChI=1S/C13H24N2O/c1-9(2)10(3)11(13(4,5)6)15-8-7-14-12(15)16/h9,11H,3,7-8H2,1-2,4-6H3,(H,14,16). The Morgan fingerprint density at radius 3 is 2.31 bits per heavy atom. The van der Waals surface area contributed by atoms with Gasteiger partial charge in [0.1, 0.15) is 0 Å². The summed E-state index contributed by atoms with van der Waals surface area (Å²) in [6.07, 6.45) is 0. The number of nitrogens with one attached hydrogen (secondary N) is 1. The van der Waals surface area contributed by atoms with Crippen LogP contribution in [-0.2, 0) is 0 Å². The Balaban J connectivity index is 2.96. The van der Waals surface area contributed by atoms with Gasteiger partial charge in [0.05, 0.1) is 6.04 Å². The predicted octanol–water partition coefficient (Wildman–Crippen LogP) is 2.64. The van der Waals surface area contributed by atoms with Crippen LogP contribution in [0.5, 0.6) is 0 Å². The van der Waals surface area contributed by atoms with Crippen molar-refractivity contribution in [3.8, 4) is 0 Å². The highest BCUT2D eigenvalue weighted by atomic mass is 16.2. The normalized spacial score (nSPS) is 18.9. The first-order valence-corrected chi connectivity index (χ1v) is 5.98. The van der Waals surface area contributed by atoms with Gasteiger partial charge in [-0.05, 0) is 11.3 Å². The summed E-state index contributed by atoms with van der Waals surface area (Å²) in [6, 6.07) is 0.164. The van der Waals surface area contributed by atoms with Gasteiger partial charge in [0, 0.05) is 13.1 Å². The SMILES string of the molecule is C=C(C(C)C)C(N1CCNC1=O)C(C)(C)C. The fourth-order valence-electron chi connectivity index (χ4n) is 2.27. The molecule has 92 valence electrons. The second-order valence-corrected chi connectivity index (χ2v) is 5.92. The molecular formula is C13H24N2O. The smallest absolute Gasteiger partial charge is 0.318 e. The lowest BCUT2D eigenvalue weighted by Crippen LogP contribution is -2.47. The van der Waals surface area contributed by atoms with Crippen molar-refractivity contribution in [3.05, 3.63) is 12.2 Å². The van der Waals surface area contributed by atoms with Crippen molar-refractivity contribution in [1.82, 2.24) is 10.2 Å². The van der Waals surface area contributed by atoms with E-state index < -0.39 is 0 Å². The third-order valence-corrected chi connectivity index (χ3v) is 3.11. The quantitative estimate of drug-likeness (QED) is 0.734. The summed E-state index contributed by atoms with van der Waals surface area (Å²) in [6.45, 7) is 16.5. The summed E-state index contributed by atoms with van der Waals surface area (Å²) in [5.74, 6) is 0.401. The Morgan fingerprint density at radius 2 is 2.00 bits per heavy atom. The maximum atomic E-state index is 11.8. The first-order chi connectivity index (χ1) is 7.25. The van der Waals surface area contributed by atoms with Gasteiger partial charge in [-0.2, -0.15) is 0 Å². The van der Waals surface area contributed by atoms with Gasteiger partial charge < -0.3 is 10.2 Å². The molecule has 3 nitrogen and oxygen atoms in total. The van der Waals surface area contributed by atoms with Crippen molar-refractivity contribution >= 4 is 6.03 Å². The molecule has 1 fully saturated rings. The molecule has 0 aromatic rings. The van der Waals surface area contributed by atoms with Crippen LogP contribution in [0.15, 0.2) is 12.2 Å². The van der Waals surface area contributed by atoms with E-state index in [1.165, 1.54) is 0 Å². The third kappa shape index (κ3) is 2.57. The largest absolute Gasteiger partial charge is 0.336 e. The Morgan fingerprint density at radius 1 is 1.44 bits per heavy atom. The molecule has 16 heavy (non-hydrogen) atoms. The average molecular weight is 224 g/mol. The van der Waals surface area contributed by atoms with Crippen LogP contribution in [0.4, 0.5) is 4.79 Å². The van der Waals surface area contributed by atoms with E-state index in [0.717, 1.165) is 18.7 Å². The molecular weight excluding hydrogens is 200 g/mol. The number of amides is 2. The lowest BCUT2D eigenvalue weighted by molar-refractivity contribution is 0.153. The zero-order chi connectivity index (χ0) is 12.5. The van der Waals surface area contributed by atoms with Crippen molar-refractivity contribution in [2.24, 2.45) is 11.3 Å². The van der Waals surface area contributed by atoms with E-state index in [9.17, 15) is 4.79 Å². The average Bonchev–Trinajstić information content (AvgIpc) is 2.50. The van der Waals surface area contributed by atoms with Crippen LogP contribution < -0.4 is 5.32 Å². The second kappa shape index (κ2) is 4.48. The van der Waals surface area contributed by atoms with Crippen LogP contribution in [0.3, 0.4) is 0 Å². The number of urea groups is 1. The molecule has 0 saturated carbocycles. The minimum atomic E-state index is 0.0308. The lowest BCUT2D eigenvalue weighted by Gasteiger charge is -2.40. The van der Waals surface area contributed by atoms with E-state index in [0.29, 0.717) is 5.92 Å². The minimum Gasteiger partial charge on any atom is -0.336 e. The summed E-state index contributed by atoms with van der Waals surface area (Å²) < 4.78 is 0. The van der Waals surface area contributed by atoms with E-state index in [2.05, 4.69) is 46.5 Å². The number of hydrogen-bond acceptors (Lipinski definition) is 1. The summed E-state index contributed by atoms with van der Waals surface area (Å²) in [4.78, 5) is 13.7. The molecule has 1 rings (SSSR count). The van der Waals surface area contributed by atoms with Gasteiger partial charge in [-0.15, -0.1) is 0 Å². The molecule has 1 unspecified atom stereocenters. The zero-order valence-corrected chi connectivity index (χ0v) is 11.1. The highest BCUT2D eigenvalue weighted by molar-refractivity contribution is 5.77. The molecule has 1 atom stereocenters. The topological polar surface area (TPSA) is 32.3 Å². The zero-order valence-electron chi connectivity index (χ0n) is 11.1. The maximum absolute atomic E-state index is 11.8. The van der Waals surface area contributed by atoms with Crippen LogP contribution in [0.1, 0.15) is 34.6 Å². The summed E-state index contributed by atoms with van der Waals surface area (Å²) in [7, 11) is 0. The van der Waals surface area contributed by atoms with Gasteiger partial charge in [0.2, 0.25) is 0 Å². The van der Waals surface area contributed by atoms with Crippen LogP contribution in [0.2, 0.25) is 0 Å². The van der Waals surface area contributed by atoms with Gasteiger partial charge in [-0.1, -0.05) is 46.8 Å². The third-order valence-electron chi connectivity index (χ3n) is 3.11. The highest BCUT2D eigenvalue weighted by Crippen LogP contribution is 2.33. The van der Waals surface area contributed by atoms with Gasteiger partial charge in [-0.25, -0.2) is 4.79 Å². The number of rotatable bonds is 3. The first-order valence-electron chi connectivity index (χ1n) is 5.98. The van der Waals surface area contributed by atoms with Gasteiger partial charge >= 0.3 is 6.03 Å². The van der Waals surface area contributed by atoms with Crippen molar-refractivity contribution in [3.63, 3.8) is 0 Å². The first kappa shape index (κ1) is 13.1. The highest BCUT2D eigenvalue weighted by Gasteiger charge is 2.37. The molecule has 1 N–H and O–H groups in total. The molecule has 0 aromatic heterocycles. The predicted molar refractivity (Wildman–Crippen MR) is 67.3 cm³/mol. The summed E-state index contributed by atoms with van der Waals surface area (Å²) >= 11 is 0. The molecule has 1 aliphatic heterocycles.